The van der Waals surface area contributed by atoms with Crippen LogP contribution >= 0.6 is 15.9 Å². The lowest BCUT2D eigenvalue weighted by Crippen LogP contribution is -2.25. The fraction of sp³-hybridized carbons (Fsp3) is 0.500. The Bertz CT molecular complexity index is 253. The highest BCUT2D eigenvalue weighted by Crippen LogP contribution is 2.25. The van der Waals surface area contributed by atoms with Crippen LogP contribution in [0.4, 0.5) is 13.2 Å². The zero-order valence-corrected chi connectivity index (χ0v) is 7.55. The second-order valence-electron chi connectivity index (χ2n) is 1.72. The van der Waals surface area contributed by atoms with Gasteiger partial charge in [0, 0.05) is 4.48 Å². The number of hydrogen-bond donors (Lipinski definition) is 0. The molecule has 0 unspecified atom stereocenters. The number of halogens is 4. The van der Waals surface area contributed by atoms with Crippen LogP contribution < -0.4 is 0 Å². The zero-order chi connectivity index (χ0) is 9.28. The predicted molar refractivity (Wildman–Crippen MR) is 37.9 cm³/mol. The maximum absolute atomic E-state index is 11.5. The van der Waals surface area contributed by atoms with Crippen LogP contribution in [0.5, 0.6) is 0 Å². The molecule has 0 aliphatic heterocycles. The second kappa shape index (κ2) is 3.14. The Hall–Kier alpha value is -0.0400. The minimum Gasteiger partial charge on any atom is -0.219 e. The van der Waals surface area contributed by atoms with Crippen molar-refractivity contribution >= 4 is 25.8 Å². The monoisotopic (exact) mass is 252 g/mol. The van der Waals surface area contributed by atoms with Crippen molar-refractivity contribution in [2.45, 2.75) is 5.51 Å². The Balaban J connectivity index is 4.64. The summed E-state index contributed by atoms with van der Waals surface area (Å²) in [6, 6.07) is 0. The Morgan fingerprint density at radius 2 is 1.82 bits per heavy atom. The molecule has 66 valence electrons. The smallest absolute Gasteiger partial charge is 0.219 e. The first-order valence-electron chi connectivity index (χ1n) is 2.29. The summed E-state index contributed by atoms with van der Waals surface area (Å²) in [5.74, 6) is -1.11. The average Bonchev–Trinajstić information content (AvgIpc) is 1.56. The van der Waals surface area contributed by atoms with E-state index >= 15 is 0 Å². The Morgan fingerprint density at radius 3 is 1.91 bits per heavy atom. The van der Waals surface area contributed by atoms with Gasteiger partial charge in [0.15, 0.2) is 0 Å². The maximum Gasteiger partial charge on any atom is 0.497 e. The van der Waals surface area contributed by atoms with Crippen LogP contribution in [0.15, 0.2) is 11.1 Å². The van der Waals surface area contributed by atoms with E-state index in [9.17, 15) is 21.6 Å². The van der Waals surface area contributed by atoms with E-state index in [-0.39, 0.29) is 4.48 Å². The molecule has 2 nitrogen and oxygen atoms in total. The van der Waals surface area contributed by atoms with Gasteiger partial charge in [-0.1, -0.05) is 22.5 Å². The third kappa shape index (κ3) is 3.24. The van der Waals surface area contributed by atoms with Crippen LogP contribution in [-0.4, -0.2) is 19.7 Å². The van der Waals surface area contributed by atoms with Gasteiger partial charge < -0.3 is 0 Å². The molecule has 0 atom stereocenters. The van der Waals surface area contributed by atoms with Crippen molar-refractivity contribution in [2.24, 2.45) is 0 Å². The molecule has 0 N–H and O–H groups in total. The fourth-order valence-corrected chi connectivity index (χ4v) is 1.77. The summed E-state index contributed by atoms with van der Waals surface area (Å²) in [5.41, 5.74) is -5.19. The molecule has 7 heteroatoms. The van der Waals surface area contributed by atoms with E-state index in [0.717, 1.165) is 0 Å². The minimum absolute atomic E-state index is 0.213. The Morgan fingerprint density at radius 1 is 1.45 bits per heavy atom. The van der Waals surface area contributed by atoms with Crippen molar-refractivity contribution in [1.29, 1.82) is 0 Å². The lowest BCUT2D eigenvalue weighted by atomic mass is 10.8. The molecule has 11 heavy (non-hydrogen) atoms. The van der Waals surface area contributed by atoms with Crippen molar-refractivity contribution in [3.05, 3.63) is 11.1 Å². The molecule has 0 aromatic heterocycles. The van der Waals surface area contributed by atoms with E-state index in [1.807, 2.05) is 0 Å². The van der Waals surface area contributed by atoms with Crippen molar-refractivity contribution in [1.82, 2.24) is 0 Å². The summed E-state index contributed by atoms with van der Waals surface area (Å²) in [6.07, 6.45) is 0. The van der Waals surface area contributed by atoms with E-state index in [0.29, 0.717) is 0 Å². The van der Waals surface area contributed by atoms with Gasteiger partial charge in [-0.25, -0.2) is 8.42 Å². The third-order valence-electron chi connectivity index (χ3n) is 0.699. The summed E-state index contributed by atoms with van der Waals surface area (Å²) in [7, 11) is -5.04. The van der Waals surface area contributed by atoms with Gasteiger partial charge in [-0.05, 0) is 0 Å². The molecule has 0 radical (unpaired) electrons. The first kappa shape index (κ1) is 11.0. The van der Waals surface area contributed by atoms with Crippen LogP contribution in [0.2, 0.25) is 0 Å². The van der Waals surface area contributed by atoms with E-state index in [2.05, 4.69) is 22.5 Å². The van der Waals surface area contributed by atoms with Crippen molar-refractivity contribution in [2.75, 3.05) is 5.75 Å². The van der Waals surface area contributed by atoms with Gasteiger partial charge in [0.05, 0.1) is 5.75 Å². The van der Waals surface area contributed by atoms with Gasteiger partial charge in [-0.2, -0.15) is 13.2 Å². The van der Waals surface area contributed by atoms with Gasteiger partial charge in [0.2, 0.25) is 0 Å². The van der Waals surface area contributed by atoms with E-state index < -0.39 is 21.1 Å². The normalized spacial score (nSPS) is 13.1. The predicted octanol–water partition coefficient (Wildman–Crippen LogP) is 1.83. The minimum atomic E-state index is -5.19. The summed E-state index contributed by atoms with van der Waals surface area (Å²) in [6.45, 7) is 2.99. The molecule has 0 aromatic carbocycles. The van der Waals surface area contributed by atoms with Gasteiger partial charge in [-0.15, -0.1) is 0 Å². The Kier molecular flexibility index (Phi) is 3.13. The van der Waals surface area contributed by atoms with Crippen LogP contribution in [0.3, 0.4) is 0 Å². The first-order valence-corrected chi connectivity index (χ1v) is 4.73. The largest absolute Gasteiger partial charge is 0.497 e. The lowest BCUT2D eigenvalue weighted by molar-refractivity contribution is -0.0432. The summed E-state index contributed by atoms with van der Waals surface area (Å²) in [5, 5.41) is 0. The molecule has 0 fully saturated rings. The van der Waals surface area contributed by atoms with Crippen molar-refractivity contribution in [3.63, 3.8) is 0 Å². The number of hydrogen-bond acceptors (Lipinski definition) is 2. The lowest BCUT2D eigenvalue weighted by Gasteiger charge is -2.05. The standard InChI is InChI=1S/C4H4BrF3O2S/c1-3(5)2-11(9,10)4(6,7)8/h1-2H2. The molecule has 0 amide bonds. The number of rotatable bonds is 2. The fourth-order valence-electron chi connectivity index (χ4n) is 0.288. The third-order valence-corrected chi connectivity index (χ3v) is 2.78. The highest BCUT2D eigenvalue weighted by Gasteiger charge is 2.45. The molecule has 0 saturated carbocycles. The number of alkyl halides is 3. The Labute approximate surface area is 70.1 Å². The van der Waals surface area contributed by atoms with Crippen LogP contribution in [0, 0.1) is 0 Å². The molecule has 0 bridgehead atoms. The number of sulfone groups is 1. The van der Waals surface area contributed by atoms with E-state index in [1.165, 1.54) is 0 Å². The van der Waals surface area contributed by atoms with E-state index in [4.69, 9.17) is 0 Å². The highest BCUT2D eigenvalue weighted by atomic mass is 79.9. The van der Waals surface area contributed by atoms with Crippen molar-refractivity contribution in [3.8, 4) is 0 Å². The van der Waals surface area contributed by atoms with Gasteiger partial charge in [0.25, 0.3) is 9.84 Å². The van der Waals surface area contributed by atoms with Crippen LogP contribution in [0.1, 0.15) is 0 Å². The second-order valence-corrected chi connectivity index (χ2v) is 4.82. The maximum atomic E-state index is 11.5. The van der Waals surface area contributed by atoms with Gasteiger partial charge >= 0.3 is 5.51 Å². The molecule has 0 aromatic rings. The molecule has 0 spiro atoms. The van der Waals surface area contributed by atoms with Gasteiger partial charge in [0.1, 0.15) is 0 Å². The first-order chi connectivity index (χ1) is 4.67. The van der Waals surface area contributed by atoms with Crippen LogP contribution in [-0.2, 0) is 9.84 Å². The SMILES string of the molecule is C=C(Br)CS(=O)(=O)C(F)(F)F. The molecule has 0 saturated heterocycles. The molecule has 0 rings (SSSR count). The summed E-state index contributed by atoms with van der Waals surface area (Å²) < 4.78 is 54.9. The molecule has 0 heterocycles. The van der Waals surface area contributed by atoms with Crippen LogP contribution in [0.25, 0.3) is 0 Å². The molecular weight excluding hydrogens is 249 g/mol. The molecule has 0 aliphatic carbocycles. The van der Waals surface area contributed by atoms with Gasteiger partial charge in [-0.3, -0.25) is 0 Å². The quantitative estimate of drug-likeness (QED) is 0.752. The van der Waals surface area contributed by atoms with Crippen molar-refractivity contribution < 1.29 is 21.6 Å². The zero-order valence-electron chi connectivity index (χ0n) is 5.15. The molecule has 0 aliphatic rings. The summed E-state index contributed by atoms with van der Waals surface area (Å²) in [4.78, 5) is 0. The topological polar surface area (TPSA) is 34.1 Å². The highest BCUT2D eigenvalue weighted by molar-refractivity contribution is 9.11. The summed E-state index contributed by atoms with van der Waals surface area (Å²) >= 11 is 2.53. The van der Waals surface area contributed by atoms with E-state index in [1.54, 1.807) is 0 Å². The average molecular weight is 253 g/mol. The molecular formula is C4H4BrF3O2S.